The van der Waals surface area contributed by atoms with Gasteiger partial charge in [-0.05, 0) is 66.2 Å². The van der Waals surface area contributed by atoms with Gasteiger partial charge in [0.1, 0.15) is 23.0 Å². The molecule has 0 spiro atoms. The average Bonchev–Trinajstić information content (AvgIpc) is 3.11. The third-order valence-electron chi connectivity index (χ3n) is 5.45. The van der Waals surface area contributed by atoms with E-state index in [-0.39, 0.29) is 22.1 Å². The van der Waals surface area contributed by atoms with E-state index in [1.807, 2.05) is 0 Å². The number of anilines is 1. The molecule has 168 valence electrons. The Morgan fingerprint density at radius 1 is 0.909 bits per heavy atom. The quantitative estimate of drug-likeness (QED) is 0.322. The molecule has 0 bridgehead atoms. The Balaban J connectivity index is 1.92. The third-order valence-corrected chi connectivity index (χ3v) is 5.75. The molecule has 2 N–H and O–H groups in total. The normalized spacial score (nSPS) is 17.3. The fraction of sp³-hybridized carbons (Fsp3) is 0.120. The van der Waals surface area contributed by atoms with Crippen molar-refractivity contribution in [2.24, 2.45) is 0 Å². The lowest BCUT2D eigenvalue weighted by molar-refractivity contribution is -0.132. The second kappa shape index (κ2) is 8.88. The number of amides is 1. The van der Waals surface area contributed by atoms with Crippen LogP contribution in [0.15, 0.2) is 72.3 Å². The van der Waals surface area contributed by atoms with Crippen LogP contribution in [-0.4, -0.2) is 36.1 Å². The molecular weight excluding hydrogens is 446 g/mol. The van der Waals surface area contributed by atoms with E-state index < -0.39 is 17.7 Å². The van der Waals surface area contributed by atoms with Crippen LogP contribution in [0, 0.1) is 0 Å². The summed E-state index contributed by atoms with van der Waals surface area (Å²) in [6.07, 6.45) is 0. The SMILES string of the molecule is COc1ccc(/C(O)=C2/C(=O)C(=O)N(c3ccc(OC)cc3)C2c2ccc(O)c(Cl)c2)cc1. The molecule has 8 heteroatoms. The second-order valence-corrected chi connectivity index (χ2v) is 7.71. The molecule has 4 rings (SSSR count). The van der Waals surface area contributed by atoms with Crippen LogP contribution in [0.25, 0.3) is 5.76 Å². The van der Waals surface area contributed by atoms with Gasteiger partial charge in [-0.3, -0.25) is 14.5 Å². The zero-order valence-electron chi connectivity index (χ0n) is 17.8. The number of methoxy groups -OCH3 is 2. The number of aromatic hydroxyl groups is 1. The maximum Gasteiger partial charge on any atom is 0.300 e. The molecule has 1 fully saturated rings. The Hall–Kier alpha value is -3.97. The number of phenols is 1. The van der Waals surface area contributed by atoms with Gasteiger partial charge < -0.3 is 19.7 Å². The number of Topliss-reactive ketones (excluding diaryl/α,β-unsaturated/α-hetero) is 1. The highest BCUT2D eigenvalue weighted by Crippen LogP contribution is 2.43. The third kappa shape index (κ3) is 3.99. The van der Waals surface area contributed by atoms with Gasteiger partial charge in [-0.25, -0.2) is 0 Å². The lowest BCUT2D eigenvalue weighted by Crippen LogP contribution is -2.29. The Bertz CT molecular complexity index is 1250. The minimum Gasteiger partial charge on any atom is -0.507 e. The van der Waals surface area contributed by atoms with Gasteiger partial charge in [-0.2, -0.15) is 0 Å². The number of hydrogen-bond donors (Lipinski definition) is 2. The van der Waals surface area contributed by atoms with Crippen molar-refractivity contribution < 1.29 is 29.3 Å². The van der Waals surface area contributed by atoms with Crippen LogP contribution in [-0.2, 0) is 9.59 Å². The summed E-state index contributed by atoms with van der Waals surface area (Å²) < 4.78 is 10.3. The van der Waals surface area contributed by atoms with E-state index in [4.69, 9.17) is 21.1 Å². The average molecular weight is 466 g/mol. The Kier molecular flexibility index (Phi) is 5.98. The fourth-order valence-electron chi connectivity index (χ4n) is 3.75. The number of carbonyl (C=O) groups excluding carboxylic acids is 2. The van der Waals surface area contributed by atoms with Gasteiger partial charge in [0.25, 0.3) is 11.7 Å². The fourth-order valence-corrected chi connectivity index (χ4v) is 3.94. The van der Waals surface area contributed by atoms with Gasteiger partial charge in [-0.1, -0.05) is 17.7 Å². The first kappa shape index (κ1) is 22.2. The number of rotatable bonds is 5. The monoisotopic (exact) mass is 465 g/mol. The number of nitrogens with zero attached hydrogens (tertiary/aromatic N) is 1. The summed E-state index contributed by atoms with van der Waals surface area (Å²) in [6.45, 7) is 0. The molecule has 1 atom stereocenters. The van der Waals surface area contributed by atoms with E-state index in [0.717, 1.165) is 0 Å². The predicted octanol–water partition coefficient (Wildman–Crippen LogP) is 4.69. The van der Waals surface area contributed by atoms with Crippen LogP contribution in [0.5, 0.6) is 17.2 Å². The van der Waals surface area contributed by atoms with Gasteiger partial charge in [0.2, 0.25) is 0 Å². The Morgan fingerprint density at radius 3 is 2.03 bits per heavy atom. The summed E-state index contributed by atoms with van der Waals surface area (Å²) >= 11 is 6.13. The number of carbonyl (C=O) groups is 2. The van der Waals surface area contributed by atoms with Crippen molar-refractivity contribution >= 4 is 34.7 Å². The van der Waals surface area contributed by atoms with Crippen molar-refractivity contribution in [2.45, 2.75) is 6.04 Å². The number of ketones is 1. The van der Waals surface area contributed by atoms with Gasteiger partial charge in [0.05, 0.1) is 30.9 Å². The molecule has 1 saturated heterocycles. The van der Waals surface area contributed by atoms with Crippen LogP contribution in [0.1, 0.15) is 17.2 Å². The number of phenolic OH excluding ortho intramolecular Hbond substituents is 1. The molecule has 0 aromatic heterocycles. The molecule has 3 aromatic rings. The van der Waals surface area contributed by atoms with Gasteiger partial charge in [-0.15, -0.1) is 0 Å². The lowest BCUT2D eigenvalue weighted by atomic mass is 9.95. The van der Waals surface area contributed by atoms with Crippen molar-refractivity contribution in [1.82, 2.24) is 0 Å². The molecular formula is C25H20ClNO6. The maximum atomic E-state index is 13.1. The van der Waals surface area contributed by atoms with Gasteiger partial charge >= 0.3 is 0 Å². The number of benzene rings is 3. The zero-order valence-corrected chi connectivity index (χ0v) is 18.5. The van der Waals surface area contributed by atoms with E-state index in [1.165, 1.54) is 31.3 Å². The van der Waals surface area contributed by atoms with Crippen LogP contribution >= 0.6 is 11.6 Å². The molecule has 0 saturated carbocycles. The first-order valence-corrected chi connectivity index (χ1v) is 10.3. The number of ether oxygens (including phenoxy) is 2. The molecule has 1 aliphatic heterocycles. The minimum absolute atomic E-state index is 0.0530. The highest BCUT2D eigenvalue weighted by molar-refractivity contribution is 6.51. The molecule has 0 radical (unpaired) electrons. The van der Waals surface area contributed by atoms with E-state index in [2.05, 4.69) is 0 Å². The Labute approximate surface area is 195 Å². The first-order chi connectivity index (χ1) is 15.8. The second-order valence-electron chi connectivity index (χ2n) is 7.31. The van der Waals surface area contributed by atoms with Gasteiger partial charge in [0.15, 0.2) is 0 Å². The molecule has 1 aliphatic rings. The number of aliphatic hydroxyl groups excluding tert-OH is 1. The number of aliphatic hydroxyl groups is 1. The number of halogens is 1. The lowest BCUT2D eigenvalue weighted by Gasteiger charge is -2.26. The molecule has 1 amide bonds. The molecule has 33 heavy (non-hydrogen) atoms. The van der Waals surface area contributed by atoms with Crippen molar-refractivity contribution in [3.8, 4) is 17.2 Å². The van der Waals surface area contributed by atoms with Crippen molar-refractivity contribution in [3.05, 3.63) is 88.5 Å². The summed E-state index contributed by atoms with van der Waals surface area (Å²) in [7, 11) is 3.04. The van der Waals surface area contributed by atoms with E-state index in [0.29, 0.717) is 28.3 Å². The molecule has 7 nitrogen and oxygen atoms in total. The first-order valence-electron chi connectivity index (χ1n) is 9.93. The van der Waals surface area contributed by atoms with Crippen LogP contribution in [0.2, 0.25) is 5.02 Å². The minimum atomic E-state index is -0.974. The summed E-state index contributed by atoms with van der Waals surface area (Å²) in [6, 6.07) is 16.5. The highest BCUT2D eigenvalue weighted by atomic mass is 35.5. The smallest absolute Gasteiger partial charge is 0.300 e. The summed E-state index contributed by atoms with van der Waals surface area (Å²) in [5, 5.41) is 21.0. The summed E-state index contributed by atoms with van der Waals surface area (Å²) in [5.74, 6) is -0.958. The predicted molar refractivity (Wildman–Crippen MR) is 124 cm³/mol. The van der Waals surface area contributed by atoms with E-state index >= 15 is 0 Å². The van der Waals surface area contributed by atoms with Crippen molar-refractivity contribution in [1.29, 1.82) is 0 Å². The van der Waals surface area contributed by atoms with Crippen molar-refractivity contribution in [3.63, 3.8) is 0 Å². The topological polar surface area (TPSA) is 96.3 Å². The summed E-state index contributed by atoms with van der Waals surface area (Å²) in [5.41, 5.74) is 1.13. The maximum absolute atomic E-state index is 13.1. The van der Waals surface area contributed by atoms with Gasteiger partial charge in [0, 0.05) is 11.3 Å². The zero-order chi connectivity index (χ0) is 23.7. The molecule has 0 aliphatic carbocycles. The Morgan fingerprint density at radius 2 is 1.48 bits per heavy atom. The van der Waals surface area contributed by atoms with E-state index in [1.54, 1.807) is 54.6 Å². The number of hydrogen-bond acceptors (Lipinski definition) is 6. The largest absolute Gasteiger partial charge is 0.507 e. The van der Waals surface area contributed by atoms with E-state index in [9.17, 15) is 19.8 Å². The highest BCUT2D eigenvalue weighted by Gasteiger charge is 2.47. The van der Waals surface area contributed by atoms with Crippen molar-refractivity contribution in [2.75, 3.05) is 19.1 Å². The molecule has 1 heterocycles. The standard InChI is InChI=1S/C25H20ClNO6/c1-32-17-8-3-14(4-9-17)23(29)21-22(15-5-12-20(28)19(26)13-15)27(25(31)24(21)30)16-6-10-18(33-2)11-7-16/h3-13,22,28-29H,1-2H3/b23-21-. The molecule has 3 aromatic carbocycles. The molecule has 1 unspecified atom stereocenters. The van der Waals surface area contributed by atoms with Crippen LogP contribution < -0.4 is 14.4 Å². The summed E-state index contributed by atoms with van der Waals surface area (Å²) in [4.78, 5) is 27.6. The van der Waals surface area contributed by atoms with Crippen LogP contribution in [0.4, 0.5) is 5.69 Å². The van der Waals surface area contributed by atoms with Crippen LogP contribution in [0.3, 0.4) is 0 Å².